The SMILES string of the molecule is O=C(O)CCc1ccc(NC(=O)c2ccccc2CCC(F)(F)F)cc1. The number of benzene rings is 2. The van der Waals surface area contributed by atoms with Crippen molar-refractivity contribution in [2.45, 2.75) is 31.9 Å². The molecule has 0 saturated carbocycles. The van der Waals surface area contributed by atoms with Crippen LogP contribution in [0.1, 0.15) is 34.3 Å². The van der Waals surface area contributed by atoms with E-state index in [1.54, 1.807) is 36.4 Å². The largest absolute Gasteiger partial charge is 0.481 e. The number of halogens is 3. The summed E-state index contributed by atoms with van der Waals surface area (Å²) in [7, 11) is 0. The minimum atomic E-state index is -4.28. The zero-order valence-corrected chi connectivity index (χ0v) is 13.8. The summed E-state index contributed by atoms with van der Waals surface area (Å²) < 4.78 is 37.3. The lowest BCUT2D eigenvalue weighted by atomic mass is 10.0. The minimum Gasteiger partial charge on any atom is -0.481 e. The van der Waals surface area contributed by atoms with E-state index in [9.17, 15) is 22.8 Å². The molecule has 0 bridgehead atoms. The lowest BCUT2D eigenvalue weighted by molar-refractivity contribution is -0.137. The number of hydrogen-bond donors (Lipinski definition) is 2. The monoisotopic (exact) mass is 365 g/mol. The zero-order chi connectivity index (χ0) is 19.2. The highest BCUT2D eigenvalue weighted by Crippen LogP contribution is 2.24. The van der Waals surface area contributed by atoms with Gasteiger partial charge in [-0.15, -0.1) is 0 Å². The van der Waals surface area contributed by atoms with Gasteiger partial charge in [0.15, 0.2) is 0 Å². The Morgan fingerprint density at radius 3 is 2.23 bits per heavy atom. The molecule has 0 fully saturated rings. The molecule has 1 amide bonds. The molecule has 0 aliphatic heterocycles. The van der Waals surface area contributed by atoms with Gasteiger partial charge in [-0.2, -0.15) is 13.2 Å². The standard InChI is InChI=1S/C19H18F3NO3/c20-19(21,22)12-11-14-3-1-2-4-16(14)18(26)23-15-8-5-13(6-9-15)7-10-17(24)25/h1-6,8-9H,7,10-12H2,(H,23,26)(H,24,25). The van der Waals surface area contributed by atoms with Crippen molar-refractivity contribution >= 4 is 17.6 Å². The van der Waals surface area contributed by atoms with Gasteiger partial charge in [0.2, 0.25) is 0 Å². The fourth-order valence-electron chi connectivity index (χ4n) is 2.44. The topological polar surface area (TPSA) is 66.4 Å². The number of alkyl halides is 3. The van der Waals surface area contributed by atoms with Crippen LogP contribution in [0.3, 0.4) is 0 Å². The summed E-state index contributed by atoms with van der Waals surface area (Å²) in [6.07, 6.45) is -5.14. The van der Waals surface area contributed by atoms with Gasteiger partial charge in [0.25, 0.3) is 5.91 Å². The molecule has 0 aliphatic carbocycles. The second-order valence-corrected chi connectivity index (χ2v) is 5.82. The van der Waals surface area contributed by atoms with Crippen molar-refractivity contribution in [1.29, 1.82) is 0 Å². The van der Waals surface area contributed by atoms with Gasteiger partial charge < -0.3 is 10.4 Å². The Morgan fingerprint density at radius 2 is 1.62 bits per heavy atom. The van der Waals surface area contributed by atoms with E-state index in [-0.39, 0.29) is 18.4 Å². The van der Waals surface area contributed by atoms with Crippen LogP contribution in [0, 0.1) is 0 Å². The predicted molar refractivity (Wildman–Crippen MR) is 91.2 cm³/mol. The van der Waals surface area contributed by atoms with E-state index in [0.29, 0.717) is 17.7 Å². The summed E-state index contributed by atoms with van der Waals surface area (Å²) in [5.41, 5.74) is 1.84. The summed E-state index contributed by atoms with van der Waals surface area (Å²) in [5, 5.41) is 11.3. The van der Waals surface area contributed by atoms with Crippen LogP contribution in [0.5, 0.6) is 0 Å². The van der Waals surface area contributed by atoms with E-state index in [0.717, 1.165) is 5.56 Å². The number of carbonyl (C=O) groups excluding carboxylic acids is 1. The Morgan fingerprint density at radius 1 is 0.962 bits per heavy atom. The van der Waals surface area contributed by atoms with Crippen LogP contribution in [-0.4, -0.2) is 23.2 Å². The molecule has 2 aromatic carbocycles. The Kier molecular flexibility index (Phi) is 6.38. The molecule has 26 heavy (non-hydrogen) atoms. The molecular weight excluding hydrogens is 347 g/mol. The third-order valence-electron chi connectivity index (χ3n) is 3.78. The van der Waals surface area contributed by atoms with E-state index in [1.165, 1.54) is 12.1 Å². The lowest BCUT2D eigenvalue weighted by Gasteiger charge is -2.12. The first-order chi connectivity index (χ1) is 12.2. The smallest absolute Gasteiger partial charge is 0.389 e. The second kappa shape index (κ2) is 8.51. The number of carbonyl (C=O) groups is 2. The summed E-state index contributed by atoms with van der Waals surface area (Å²) >= 11 is 0. The molecule has 0 aromatic heterocycles. The first-order valence-electron chi connectivity index (χ1n) is 8.01. The minimum absolute atomic E-state index is 0.0122. The van der Waals surface area contributed by atoms with E-state index in [2.05, 4.69) is 5.32 Å². The highest BCUT2D eigenvalue weighted by molar-refractivity contribution is 6.05. The molecular formula is C19H18F3NO3. The van der Waals surface area contributed by atoms with Gasteiger partial charge in [-0.3, -0.25) is 9.59 Å². The number of carboxylic acids is 1. The average Bonchev–Trinajstić information content (AvgIpc) is 2.59. The first-order valence-corrected chi connectivity index (χ1v) is 8.01. The fraction of sp³-hybridized carbons (Fsp3) is 0.263. The third kappa shape index (κ3) is 6.23. The Bertz CT molecular complexity index is 770. The number of nitrogens with one attached hydrogen (secondary N) is 1. The number of hydrogen-bond acceptors (Lipinski definition) is 2. The van der Waals surface area contributed by atoms with Gasteiger partial charge in [-0.05, 0) is 42.2 Å². The van der Waals surface area contributed by atoms with Crippen LogP contribution in [0.15, 0.2) is 48.5 Å². The molecule has 138 valence electrons. The van der Waals surface area contributed by atoms with Crippen LogP contribution in [0.2, 0.25) is 0 Å². The molecule has 2 aromatic rings. The van der Waals surface area contributed by atoms with Gasteiger partial charge in [0.05, 0.1) is 0 Å². The second-order valence-electron chi connectivity index (χ2n) is 5.82. The normalized spacial score (nSPS) is 11.2. The maximum Gasteiger partial charge on any atom is 0.389 e. The highest BCUT2D eigenvalue weighted by atomic mass is 19.4. The van der Waals surface area contributed by atoms with Crippen LogP contribution >= 0.6 is 0 Å². The van der Waals surface area contributed by atoms with Crippen molar-refractivity contribution in [3.63, 3.8) is 0 Å². The van der Waals surface area contributed by atoms with Gasteiger partial charge in [-0.25, -0.2) is 0 Å². The maximum absolute atomic E-state index is 12.4. The molecule has 0 spiro atoms. The maximum atomic E-state index is 12.4. The molecule has 0 saturated heterocycles. The van der Waals surface area contributed by atoms with E-state index in [4.69, 9.17) is 5.11 Å². The van der Waals surface area contributed by atoms with E-state index < -0.39 is 24.5 Å². The molecule has 4 nitrogen and oxygen atoms in total. The van der Waals surface area contributed by atoms with Crippen molar-refractivity contribution in [2.75, 3.05) is 5.32 Å². The van der Waals surface area contributed by atoms with Crippen LogP contribution in [0.25, 0.3) is 0 Å². The third-order valence-corrected chi connectivity index (χ3v) is 3.78. The van der Waals surface area contributed by atoms with Gasteiger partial charge in [-0.1, -0.05) is 30.3 Å². The van der Waals surface area contributed by atoms with Crippen molar-refractivity contribution in [3.05, 3.63) is 65.2 Å². The van der Waals surface area contributed by atoms with E-state index >= 15 is 0 Å². The van der Waals surface area contributed by atoms with Gasteiger partial charge in [0.1, 0.15) is 0 Å². The quantitative estimate of drug-likeness (QED) is 0.762. The summed E-state index contributed by atoms with van der Waals surface area (Å²) in [6, 6.07) is 12.9. The lowest BCUT2D eigenvalue weighted by Crippen LogP contribution is -2.16. The molecule has 0 radical (unpaired) electrons. The Balaban J connectivity index is 2.04. The first kappa shape index (κ1) is 19.5. The number of amides is 1. The van der Waals surface area contributed by atoms with Crippen molar-refractivity contribution < 1.29 is 27.9 Å². The van der Waals surface area contributed by atoms with Crippen LogP contribution < -0.4 is 5.32 Å². The molecule has 2 N–H and O–H groups in total. The van der Waals surface area contributed by atoms with E-state index in [1.807, 2.05) is 0 Å². The molecule has 0 aliphatic rings. The van der Waals surface area contributed by atoms with Gasteiger partial charge >= 0.3 is 12.1 Å². The van der Waals surface area contributed by atoms with Crippen LogP contribution in [0.4, 0.5) is 18.9 Å². The molecule has 7 heteroatoms. The fourth-order valence-corrected chi connectivity index (χ4v) is 2.44. The Labute approximate surface area is 148 Å². The summed E-state index contributed by atoms with van der Waals surface area (Å²) in [5.74, 6) is -1.38. The van der Waals surface area contributed by atoms with Gasteiger partial charge in [0, 0.05) is 24.1 Å². The predicted octanol–water partition coefficient (Wildman–Crippen LogP) is 4.45. The van der Waals surface area contributed by atoms with Crippen molar-refractivity contribution in [3.8, 4) is 0 Å². The molecule has 0 atom stereocenters. The highest BCUT2D eigenvalue weighted by Gasteiger charge is 2.27. The number of rotatable bonds is 7. The number of anilines is 1. The Hall–Kier alpha value is -2.83. The summed E-state index contributed by atoms with van der Waals surface area (Å²) in [4.78, 5) is 23.0. The summed E-state index contributed by atoms with van der Waals surface area (Å²) in [6.45, 7) is 0. The zero-order valence-electron chi connectivity index (χ0n) is 13.8. The molecule has 2 rings (SSSR count). The average molecular weight is 365 g/mol. The van der Waals surface area contributed by atoms with Crippen LogP contribution in [-0.2, 0) is 17.6 Å². The number of aryl methyl sites for hydroxylation is 2. The number of carboxylic acid groups (broad SMARTS) is 1. The molecule has 0 heterocycles. The molecule has 0 unspecified atom stereocenters. The number of aliphatic carboxylic acids is 1. The van der Waals surface area contributed by atoms with Crippen molar-refractivity contribution in [2.24, 2.45) is 0 Å². The van der Waals surface area contributed by atoms with Crippen molar-refractivity contribution in [1.82, 2.24) is 0 Å².